The lowest BCUT2D eigenvalue weighted by atomic mass is 10.2. The minimum Gasteiger partial charge on any atom is -0.381 e. The first-order chi connectivity index (χ1) is 8.99. The van der Waals surface area contributed by atoms with Crippen molar-refractivity contribution in [2.45, 2.75) is 20.3 Å². The van der Waals surface area contributed by atoms with Gasteiger partial charge in [-0.15, -0.1) is 0 Å². The van der Waals surface area contributed by atoms with Crippen LogP contribution < -0.4 is 5.32 Å². The molecule has 0 unspecified atom stereocenters. The van der Waals surface area contributed by atoms with Gasteiger partial charge in [0, 0.05) is 35.4 Å². The van der Waals surface area contributed by atoms with Gasteiger partial charge in [-0.3, -0.25) is 4.79 Å². The second kappa shape index (κ2) is 8.41. The number of hydrogen-bond donors (Lipinski definition) is 1. The summed E-state index contributed by atoms with van der Waals surface area (Å²) in [6, 6.07) is 4.79. The van der Waals surface area contributed by atoms with Gasteiger partial charge >= 0.3 is 0 Å². The number of halogens is 2. The van der Waals surface area contributed by atoms with Gasteiger partial charge in [0.25, 0.3) is 5.91 Å². The molecule has 0 aliphatic rings. The van der Waals surface area contributed by atoms with Crippen LogP contribution in [0.25, 0.3) is 0 Å². The summed E-state index contributed by atoms with van der Waals surface area (Å²) in [6.45, 7) is 6.17. The van der Waals surface area contributed by atoms with Crippen molar-refractivity contribution in [1.82, 2.24) is 5.32 Å². The molecule has 1 rings (SSSR count). The van der Waals surface area contributed by atoms with Crippen LogP contribution in [-0.4, -0.2) is 25.7 Å². The molecule has 0 bridgehead atoms. The molecule has 0 saturated heterocycles. The molecule has 0 aliphatic carbocycles. The Morgan fingerprint density at radius 2 is 1.89 bits per heavy atom. The molecule has 1 amide bonds. The SMILES string of the molecule is CC(C)COCCCNC(=O)c1cc(Cl)cc(Cl)c1. The Hall–Kier alpha value is -0.770. The third-order valence-electron chi connectivity index (χ3n) is 2.33. The van der Waals surface area contributed by atoms with Crippen molar-refractivity contribution in [2.24, 2.45) is 5.92 Å². The molecule has 1 aromatic rings. The summed E-state index contributed by atoms with van der Waals surface area (Å²) in [5, 5.41) is 3.72. The van der Waals surface area contributed by atoms with Gasteiger partial charge < -0.3 is 10.1 Å². The summed E-state index contributed by atoms with van der Waals surface area (Å²) < 4.78 is 5.43. The van der Waals surface area contributed by atoms with Crippen LogP contribution in [-0.2, 0) is 4.74 Å². The lowest BCUT2D eigenvalue weighted by Gasteiger charge is -2.08. The zero-order valence-electron chi connectivity index (χ0n) is 11.2. The molecule has 19 heavy (non-hydrogen) atoms. The van der Waals surface area contributed by atoms with Crippen molar-refractivity contribution in [3.8, 4) is 0 Å². The third kappa shape index (κ3) is 6.81. The number of carbonyl (C=O) groups is 1. The molecule has 106 valence electrons. The van der Waals surface area contributed by atoms with Crippen LogP contribution in [0, 0.1) is 5.92 Å². The molecular formula is C14H19Cl2NO2. The van der Waals surface area contributed by atoms with E-state index in [-0.39, 0.29) is 5.91 Å². The fourth-order valence-corrected chi connectivity index (χ4v) is 2.01. The molecule has 0 spiro atoms. The highest BCUT2D eigenvalue weighted by Gasteiger charge is 2.07. The average molecular weight is 304 g/mol. The number of amides is 1. The normalized spacial score (nSPS) is 10.8. The van der Waals surface area contributed by atoms with E-state index in [2.05, 4.69) is 19.2 Å². The Morgan fingerprint density at radius 1 is 1.26 bits per heavy atom. The maximum Gasteiger partial charge on any atom is 0.251 e. The minimum atomic E-state index is -0.173. The molecule has 1 N–H and O–H groups in total. The monoisotopic (exact) mass is 303 g/mol. The van der Waals surface area contributed by atoms with Crippen LogP contribution in [0.1, 0.15) is 30.6 Å². The third-order valence-corrected chi connectivity index (χ3v) is 2.76. The molecule has 5 heteroatoms. The highest BCUT2D eigenvalue weighted by atomic mass is 35.5. The number of hydrogen-bond acceptors (Lipinski definition) is 2. The predicted molar refractivity (Wildman–Crippen MR) is 79.1 cm³/mol. The number of nitrogens with one attached hydrogen (secondary N) is 1. The maximum absolute atomic E-state index is 11.8. The topological polar surface area (TPSA) is 38.3 Å². The first-order valence-corrected chi connectivity index (χ1v) is 7.06. The average Bonchev–Trinajstić information content (AvgIpc) is 2.31. The molecule has 0 saturated carbocycles. The molecule has 3 nitrogen and oxygen atoms in total. The van der Waals surface area contributed by atoms with Crippen molar-refractivity contribution < 1.29 is 9.53 Å². The summed E-state index contributed by atoms with van der Waals surface area (Å²) in [7, 11) is 0. The van der Waals surface area contributed by atoms with E-state index in [0.717, 1.165) is 13.0 Å². The van der Waals surface area contributed by atoms with E-state index in [4.69, 9.17) is 27.9 Å². The highest BCUT2D eigenvalue weighted by Crippen LogP contribution is 2.18. The van der Waals surface area contributed by atoms with Crippen LogP contribution in [0.4, 0.5) is 0 Å². The molecule has 0 aliphatic heterocycles. The standard InChI is InChI=1S/C14H19Cl2NO2/c1-10(2)9-19-5-3-4-17-14(18)11-6-12(15)8-13(16)7-11/h6-8,10H,3-5,9H2,1-2H3,(H,17,18). The van der Waals surface area contributed by atoms with Gasteiger partial charge in [0.05, 0.1) is 0 Å². The summed E-state index contributed by atoms with van der Waals surface area (Å²) in [5.41, 5.74) is 0.473. The Kier molecular flexibility index (Phi) is 7.21. The zero-order chi connectivity index (χ0) is 14.3. The minimum absolute atomic E-state index is 0.173. The van der Waals surface area contributed by atoms with E-state index in [1.54, 1.807) is 18.2 Å². The summed E-state index contributed by atoms with van der Waals surface area (Å²) >= 11 is 11.7. The van der Waals surface area contributed by atoms with Gasteiger partial charge in [-0.05, 0) is 30.5 Å². The van der Waals surface area contributed by atoms with Gasteiger partial charge in [-0.2, -0.15) is 0 Å². The lowest BCUT2D eigenvalue weighted by Crippen LogP contribution is -2.25. The Balaban J connectivity index is 2.27. The highest BCUT2D eigenvalue weighted by molar-refractivity contribution is 6.35. The van der Waals surface area contributed by atoms with Gasteiger partial charge in [0.2, 0.25) is 0 Å². The van der Waals surface area contributed by atoms with Crippen LogP contribution in [0.3, 0.4) is 0 Å². The van der Waals surface area contributed by atoms with E-state index in [1.165, 1.54) is 0 Å². The van der Waals surface area contributed by atoms with E-state index < -0.39 is 0 Å². The Bertz CT molecular complexity index is 402. The summed E-state index contributed by atoms with van der Waals surface area (Å²) in [5.74, 6) is 0.358. The number of ether oxygens (including phenoxy) is 1. The second-order valence-electron chi connectivity index (χ2n) is 4.74. The first kappa shape index (κ1) is 16.3. The molecular weight excluding hydrogens is 285 g/mol. The van der Waals surface area contributed by atoms with Crippen LogP contribution in [0.2, 0.25) is 10.0 Å². The van der Waals surface area contributed by atoms with Gasteiger partial charge in [0.1, 0.15) is 0 Å². The zero-order valence-corrected chi connectivity index (χ0v) is 12.7. The lowest BCUT2D eigenvalue weighted by molar-refractivity contribution is 0.0925. The summed E-state index contributed by atoms with van der Waals surface area (Å²) in [4.78, 5) is 11.8. The van der Waals surface area contributed by atoms with Crippen LogP contribution in [0.15, 0.2) is 18.2 Å². The maximum atomic E-state index is 11.8. The fraction of sp³-hybridized carbons (Fsp3) is 0.500. The van der Waals surface area contributed by atoms with Gasteiger partial charge in [-0.1, -0.05) is 37.0 Å². The van der Waals surface area contributed by atoms with E-state index >= 15 is 0 Å². The first-order valence-electron chi connectivity index (χ1n) is 6.31. The van der Waals surface area contributed by atoms with Crippen molar-refractivity contribution in [2.75, 3.05) is 19.8 Å². The van der Waals surface area contributed by atoms with E-state index in [9.17, 15) is 4.79 Å². The van der Waals surface area contributed by atoms with Crippen molar-refractivity contribution in [1.29, 1.82) is 0 Å². The summed E-state index contributed by atoms with van der Waals surface area (Å²) in [6.07, 6.45) is 0.784. The van der Waals surface area contributed by atoms with Crippen molar-refractivity contribution in [3.63, 3.8) is 0 Å². The van der Waals surface area contributed by atoms with Gasteiger partial charge in [-0.25, -0.2) is 0 Å². The number of carbonyl (C=O) groups excluding carboxylic acids is 1. The molecule has 0 radical (unpaired) electrons. The Labute approximate surface area is 124 Å². The van der Waals surface area contributed by atoms with Crippen LogP contribution >= 0.6 is 23.2 Å². The van der Waals surface area contributed by atoms with Crippen molar-refractivity contribution in [3.05, 3.63) is 33.8 Å². The Morgan fingerprint density at radius 3 is 2.47 bits per heavy atom. The largest absolute Gasteiger partial charge is 0.381 e. The van der Waals surface area contributed by atoms with E-state index in [1.807, 2.05) is 0 Å². The fourth-order valence-electron chi connectivity index (χ4n) is 1.48. The predicted octanol–water partition coefficient (Wildman–Crippen LogP) is 3.79. The molecule has 0 aromatic heterocycles. The smallest absolute Gasteiger partial charge is 0.251 e. The molecule has 0 heterocycles. The van der Waals surface area contributed by atoms with E-state index in [0.29, 0.717) is 34.7 Å². The molecule has 0 atom stereocenters. The number of rotatable bonds is 7. The second-order valence-corrected chi connectivity index (χ2v) is 5.61. The van der Waals surface area contributed by atoms with Crippen molar-refractivity contribution >= 4 is 29.1 Å². The molecule has 0 fully saturated rings. The van der Waals surface area contributed by atoms with Crippen LogP contribution in [0.5, 0.6) is 0 Å². The number of benzene rings is 1. The quantitative estimate of drug-likeness (QED) is 0.778. The van der Waals surface area contributed by atoms with Gasteiger partial charge in [0.15, 0.2) is 0 Å². The molecule has 1 aromatic carbocycles.